The highest BCUT2D eigenvalue weighted by atomic mass is 15.2. The minimum atomic E-state index is 0.169. The number of nitrogens with zero attached hydrogens (tertiary/aromatic N) is 2. The van der Waals surface area contributed by atoms with Gasteiger partial charge in [0.15, 0.2) is 0 Å². The van der Waals surface area contributed by atoms with Gasteiger partial charge in [-0.2, -0.15) is 0 Å². The zero-order valence-corrected chi connectivity index (χ0v) is 12.5. The number of hydrogen-bond acceptors (Lipinski definition) is 3. The molecule has 3 nitrogen and oxygen atoms in total. The molecule has 1 unspecified atom stereocenters. The summed E-state index contributed by atoms with van der Waals surface area (Å²) >= 11 is 0. The molecular formula is C16H27N3. The van der Waals surface area contributed by atoms with E-state index < -0.39 is 0 Å². The molecule has 0 spiro atoms. The second kappa shape index (κ2) is 6.40. The van der Waals surface area contributed by atoms with E-state index in [1.807, 2.05) is 0 Å². The molecule has 1 aliphatic heterocycles. The van der Waals surface area contributed by atoms with Crippen LogP contribution in [0.3, 0.4) is 0 Å². The Kier molecular flexibility index (Phi) is 4.83. The van der Waals surface area contributed by atoms with E-state index in [1.54, 1.807) is 0 Å². The van der Waals surface area contributed by atoms with Gasteiger partial charge >= 0.3 is 0 Å². The number of rotatable bonds is 4. The molecule has 0 saturated carbocycles. The van der Waals surface area contributed by atoms with Crippen molar-refractivity contribution in [2.75, 3.05) is 32.1 Å². The number of nitrogens with two attached hydrogens (primary N) is 1. The third-order valence-corrected chi connectivity index (χ3v) is 4.40. The molecular weight excluding hydrogens is 234 g/mol. The second-order valence-corrected chi connectivity index (χ2v) is 5.75. The third-order valence-electron chi connectivity index (χ3n) is 4.40. The zero-order valence-electron chi connectivity index (χ0n) is 12.5. The van der Waals surface area contributed by atoms with Crippen molar-refractivity contribution in [2.24, 2.45) is 5.73 Å². The fourth-order valence-corrected chi connectivity index (χ4v) is 2.79. The molecule has 0 amide bonds. The van der Waals surface area contributed by atoms with Crippen LogP contribution in [0.2, 0.25) is 0 Å². The first-order chi connectivity index (χ1) is 9.11. The minimum absolute atomic E-state index is 0.169. The standard InChI is InChI=1S/C16H27N3/c1-4-16(17)13-5-7-14(8-6-13)19(3)15-9-11-18(2)12-10-15/h5-8,15-16H,4,9-12,17H2,1-3H3. The molecule has 1 aromatic rings. The van der Waals surface area contributed by atoms with Crippen molar-refractivity contribution in [1.82, 2.24) is 4.90 Å². The van der Waals surface area contributed by atoms with Gasteiger partial charge in [0.2, 0.25) is 0 Å². The molecule has 3 heteroatoms. The Bertz CT molecular complexity index is 379. The summed E-state index contributed by atoms with van der Waals surface area (Å²) in [5.41, 5.74) is 8.61. The van der Waals surface area contributed by atoms with Gasteiger partial charge in [0.25, 0.3) is 0 Å². The topological polar surface area (TPSA) is 32.5 Å². The summed E-state index contributed by atoms with van der Waals surface area (Å²) in [5, 5.41) is 0. The van der Waals surface area contributed by atoms with Gasteiger partial charge < -0.3 is 15.5 Å². The summed E-state index contributed by atoms with van der Waals surface area (Å²) in [6, 6.07) is 9.61. The van der Waals surface area contributed by atoms with Crippen molar-refractivity contribution in [2.45, 2.75) is 38.3 Å². The minimum Gasteiger partial charge on any atom is -0.372 e. The van der Waals surface area contributed by atoms with Crippen LogP contribution in [0.5, 0.6) is 0 Å². The highest BCUT2D eigenvalue weighted by molar-refractivity contribution is 5.48. The Labute approximate surface area is 117 Å². The average molecular weight is 261 g/mol. The highest BCUT2D eigenvalue weighted by Crippen LogP contribution is 2.23. The van der Waals surface area contributed by atoms with Gasteiger partial charge in [0, 0.05) is 24.8 Å². The van der Waals surface area contributed by atoms with Crippen molar-refractivity contribution < 1.29 is 0 Å². The van der Waals surface area contributed by atoms with Gasteiger partial charge in [-0.15, -0.1) is 0 Å². The van der Waals surface area contributed by atoms with E-state index >= 15 is 0 Å². The van der Waals surface area contributed by atoms with E-state index in [4.69, 9.17) is 5.73 Å². The maximum absolute atomic E-state index is 6.06. The van der Waals surface area contributed by atoms with E-state index in [1.165, 1.54) is 37.2 Å². The predicted octanol–water partition coefficient (Wildman–Crippen LogP) is 2.63. The van der Waals surface area contributed by atoms with Crippen LogP contribution in [-0.2, 0) is 0 Å². The van der Waals surface area contributed by atoms with Crippen LogP contribution < -0.4 is 10.6 Å². The van der Waals surface area contributed by atoms with Crippen LogP contribution in [0, 0.1) is 0 Å². The lowest BCUT2D eigenvalue weighted by atomic mass is 10.0. The molecule has 1 heterocycles. The van der Waals surface area contributed by atoms with E-state index in [0.29, 0.717) is 6.04 Å². The summed E-state index contributed by atoms with van der Waals surface area (Å²) in [6.07, 6.45) is 3.50. The zero-order chi connectivity index (χ0) is 13.8. The molecule has 1 atom stereocenters. The van der Waals surface area contributed by atoms with Crippen LogP contribution >= 0.6 is 0 Å². The van der Waals surface area contributed by atoms with E-state index in [2.05, 4.69) is 55.1 Å². The van der Waals surface area contributed by atoms with Gasteiger partial charge in [-0.3, -0.25) is 0 Å². The molecule has 2 N–H and O–H groups in total. The first-order valence-electron chi connectivity index (χ1n) is 7.38. The molecule has 1 aromatic carbocycles. The second-order valence-electron chi connectivity index (χ2n) is 5.75. The van der Waals surface area contributed by atoms with Crippen LogP contribution in [0.1, 0.15) is 37.8 Å². The molecule has 1 aliphatic rings. The Morgan fingerprint density at radius 1 is 1.26 bits per heavy atom. The molecule has 2 rings (SSSR count). The number of likely N-dealkylation sites (tertiary alicyclic amines) is 1. The number of anilines is 1. The van der Waals surface area contributed by atoms with Gasteiger partial charge in [-0.1, -0.05) is 19.1 Å². The SMILES string of the molecule is CCC(N)c1ccc(N(C)C2CCN(C)CC2)cc1. The highest BCUT2D eigenvalue weighted by Gasteiger charge is 2.20. The van der Waals surface area contributed by atoms with Gasteiger partial charge in [0.05, 0.1) is 0 Å². The fraction of sp³-hybridized carbons (Fsp3) is 0.625. The molecule has 0 radical (unpaired) electrons. The third kappa shape index (κ3) is 3.48. The van der Waals surface area contributed by atoms with Gasteiger partial charge in [0.1, 0.15) is 0 Å². The maximum Gasteiger partial charge on any atom is 0.0366 e. The molecule has 1 fully saturated rings. The number of piperidine rings is 1. The molecule has 0 aliphatic carbocycles. The lowest BCUT2D eigenvalue weighted by Crippen LogP contribution is -2.41. The van der Waals surface area contributed by atoms with Crippen LogP contribution in [0.25, 0.3) is 0 Å². The quantitative estimate of drug-likeness (QED) is 0.904. The summed E-state index contributed by atoms with van der Waals surface area (Å²) in [4.78, 5) is 4.84. The Morgan fingerprint density at radius 3 is 2.37 bits per heavy atom. The normalized spacial score (nSPS) is 19.4. The Balaban J connectivity index is 2.01. The molecule has 0 aromatic heterocycles. The lowest BCUT2D eigenvalue weighted by Gasteiger charge is -2.36. The van der Waals surface area contributed by atoms with Crippen molar-refractivity contribution in [3.8, 4) is 0 Å². The molecule has 0 bridgehead atoms. The van der Waals surface area contributed by atoms with Gasteiger partial charge in [-0.05, 0) is 57.1 Å². The Morgan fingerprint density at radius 2 is 1.84 bits per heavy atom. The summed E-state index contributed by atoms with van der Waals surface area (Å²) < 4.78 is 0. The Hall–Kier alpha value is -1.06. The fourth-order valence-electron chi connectivity index (χ4n) is 2.79. The van der Waals surface area contributed by atoms with Crippen molar-refractivity contribution >= 4 is 5.69 Å². The van der Waals surface area contributed by atoms with Crippen molar-refractivity contribution in [1.29, 1.82) is 0 Å². The van der Waals surface area contributed by atoms with Gasteiger partial charge in [-0.25, -0.2) is 0 Å². The van der Waals surface area contributed by atoms with E-state index in [-0.39, 0.29) is 6.04 Å². The average Bonchev–Trinajstić information content (AvgIpc) is 2.46. The first-order valence-corrected chi connectivity index (χ1v) is 7.38. The molecule has 106 valence electrons. The monoisotopic (exact) mass is 261 g/mol. The summed E-state index contributed by atoms with van der Waals surface area (Å²) in [6.45, 7) is 4.53. The smallest absolute Gasteiger partial charge is 0.0366 e. The van der Waals surface area contributed by atoms with Crippen molar-refractivity contribution in [3.05, 3.63) is 29.8 Å². The number of hydrogen-bond donors (Lipinski definition) is 1. The molecule has 19 heavy (non-hydrogen) atoms. The lowest BCUT2D eigenvalue weighted by molar-refractivity contribution is 0.253. The van der Waals surface area contributed by atoms with Crippen LogP contribution in [0.15, 0.2) is 24.3 Å². The molecule has 1 saturated heterocycles. The maximum atomic E-state index is 6.06. The number of benzene rings is 1. The summed E-state index contributed by atoms with van der Waals surface area (Å²) in [7, 11) is 4.42. The van der Waals surface area contributed by atoms with E-state index in [0.717, 1.165) is 6.42 Å². The summed E-state index contributed by atoms with van der Waals surface area (Å²) in [5.74, 6) is 0. The first kappa shape index (κ1) is 14.4. The predicted molar refractivity (Wildman–Crippen MR) is 82.6 cm³/mol. The van der Waals surface area contributed by atoms with Crippen LogP contribution in [-0.4, -0.2) is 38.1 Å². The van der Waals surface area contributed by atoms with Crippen molar-refractivity contribution in [3.63, 3.8) is 0 Å². The van der Waals surface area contributed by atoms with Crippen LogP contribution in [0.4, 0.5) is 5.69 Å². The largest absolute Gasteiger partial charge is 0.372 e. The van der Waals surface area contributed by atoms with E-state index in [9.17, 15) is 0 Å².